The van der Waals surface area contributed by atoms with Crippen molar-refractivity contribution in [3.8, 4) is 0 Å². The highest BCUT2D eigenvalue weighted by molar-refractivity contribution is 5.35. The molecule has 0 heterocycles. The van der Waals surface area contributed by atoms with Gasteiger partial charge in [-0.3, -0.25) is 0 Å². The molecule has 0 amide bonds. The summed E-state index contributed by atoms with van der Waals surface area (Å²) in [6.45, 7) is 4.76. The summed E-state index contributed by atoms with van der Waals surface area (Å²) in [7, 11) is 1.89. The molecule has 14 heavy (non-hydrogen) atoms. The van der Waals surface area contributed by atoms with Gasteiger partial charge in [0.2, 0.25) is 0 Å². The number of allylic oxidation sites excluding steroid dienone is 1. The van der Waals surface area contributed by atoms with Crippen molar-refractivity contribution in [1.82, 2.24) is 0 Å². The Morgan fingerprint density at radius 3 is 2.64 bits per heavy atom. The molecule has 0 saturated heterocycles. The molecule has 3 aliphatic rings. The molecule has 3 aliphatic carbocycles. The Morgan fingerprint density at radius 1 is 1.14 bits per heavy atom. The minimum absolute atomic E-state index is 0.528. The van der Waals surface area contributed by atoms with E-state index in [1.807, 2.05) is 12.7 Å². The standard InChI is InChI=1S/C13H20O/c1-7-4-9-6-10(7)11-5-8(2)13(14-3)12(9)11/h7-9,12-13H,4-6H2,1-3H3. The van der Waals surface area contributed by atoms with E-state index in [0.717, 1.165) is 23.7 Å². The second-order valence-corrected chi connectivity index (χ2v) is 5.56. The summed E-state index contributed by atoms with van der Waals surface area (Å²) < 4.78 is 5.69. The van der Waals surface area contributed by atoms with Gasteiger partial charge >= 0.3 is 0 Å². The Bertz CT molecular complexity index is 292. The monoisotopic (exact) mass is 192 g/mol. The first-order valence-electron chi connectivity index (χ1n) is 5.97. The predicted octanol–water partition coefficient (Wildman–Crippen LogP) is 3.01. The quantitative estimate of drug-likeness (QED) is 0.580. The van der Waals surface area contributed by atoms with Gasteiger partial charge in [-0.05, 0) is 37.0 Å². The molecule has 0 aromatic heterocycles. The van der Waals surface area contributed by atoms with Crippen LogP contribution in [0.15, 0.2) is 11.1 Å². The zero-order chi connectivity index (χ0) is 9.87. The van der Waals surface area contributed by atoms with Crippen molar-refractivity contribution in [3.05, 3.63) is 11.1 Å². The summed E-state index contributed by atoms with van der Waals surface area (Å²) in [6.07, 6.45) is 4.67. The minimum atomic E-state index is 0.528. The first-order valence-corrected chi connectivity index (χ1v) is 5.97. The third-order valence-electron chi connectivity index (χ3n) is 4.78. The van der Waals surface area contributed by atoms with Crippen LogP contribution in [-0.2, 0) is 4.74 Å². The van der Waals surface area contributed by atoms with Crippen LogP contribution in [-0.4, -0.2) is 13.2 Å². The van der Waals surface area contributed by atoms with Crippen LogP contribution in [0.4, 0.5) is 0 Å². The van der Waals surface area contributed by atoms with Gasteiger partial charge in [-0.15, -0.1) is 0 Å². The summed E-state index contributed by atoms with van der Waals surface area (Å²) >= 11 is 0. The molecule has 0 aliphatic heterocycles. The topological polar surface area (TPSA) is 9.23 Å². The van der Waals surface area contributed by atoms with Crippen molar-refractivity contribution >= 4 is 0 Å². The SMILES string of the molecule is COC1C(C)CC2=C3CC(CC3C)C21. The van der Waals surface area contributed by atoms with Crippen molar-refractivity contribution in [3.63, 3.8) is 0 Å². The van der Waals surface area contributed by atoms with E-state index in [4.69, 9.17) is 4.74 Å². The first kappa shape index (κ1) is 8.96. The van der Waals surface area contributed by atoms with Crippen molar-refractivity contribution in [2.24, 2.45) is 23.7 Å². The van der Waals surface area contributed by atoms with Gasteiger partial charge in [-0.2, -0.15) is 0 Å². The molecule has 3 rings (SSSR count). The van der Waals surface area contributed by atoms with Crippen LogP contribution in [0.1, 0.15) is 33.1 Å². The third kappa shape index (κ3) is 0.942. The van der Waals surface area contributed by atoms with E-state index in [-0.39, 0.29) is 0 Å². The van der Waals surface area contributed by atoms with Gasteiger partial charge < -0.3 is 4.74 Å². The normalized spacial score (nSPS) is 50.4. The average molecular weight is 192 g/mol. The van der Waals surface area contributed by atoms with E-state index in [9.17, 15) is 0 Å². The predicted molar refractivity (Wildman–Crippen MR) is 57.0 cm³/mol. The van der Waals surface area contributed by atoms with E-state index in [0.29, 0.717) is 6.10 Å². The maximum atomic E-state index is 5.69. The van der Waals surface area contributed by atoms with Crippen molar-refractivity contribution in [2.75, 3.05) is 7.11 Å². The summed E-state index contributed by atoms with van der Waals surface area (Å²) in [5, 5.41) is 0. The molecule has 5 atom stereocenters. The van der Waals surface area contributed by atoms with Crippen LogP contribution >= 0.6 is 0 Å². The molecule has 78 valence electrons. The molecule has 0 radical (unpaired) electrons. The molecule has 5 unspecified atom stereocenters. The highest BCUT2D eigenvalue weighted by Crippen LogP contribution is 2.58. The Labute approximate surface area is 86.5 Å². The van der Waals surface area contributed by atoms with Crippen LogP contribution in [0.3, 0.4) is 0 Å². The number of rotatable bonds is 1. The Morgan fingerprint density at radius 2 is 1.93 bits per heavy atom. The van der Waals surface area contributed by atoms with Crippen molar-refractivity contribution in [2.45, 2.75) is 39.2 Å². The van der Waals surface area contributed by atoms with Crippen molar-refractivity contribution < 1.29 is 4.74 Å². The lowest BCUT2D eigenvalue weighted by Gasteiger charge is -2.27. The number of methoxy groups -OCH3 is 1. The van der Waals surface area contributed by atoms with Gasteiger partial charge in [0.05, 0.1) is 6.10 Å². The second-order valence-electron chi connectivity index (χ2n) is 5.56. The van der Waals surface area contributed by atoms with Gasteiger partial charge in [0.1, 0.15) is 0 Å². The Hall–Kier alpha value is -0.300. The van der Waals surface area contributed by atoms with E-state index >= 15 is 0 Å². The fourth-order valence-corrected chi connectivity index (χ4v) is 4.31. The fraction of sp³-hybridized carbons (Fsp3) is 0.846. The highest BCUT2D eigenvalue weighted by atomic mass is 16.5. The van der Waals surface area contributed by atoms with Crippen LogP contribution in [0, 0.1) is 23.7 Å². The Kier molecular flexibility index (Phi) is 1.82. The zero-order valence-corrected chi connectivity index (χ0v) is 9.42. The number of ether oxygens (including phenoxy) is 1. The fourth-order valence-electron chi connectivity index (χ4n) is 4.31. The lowest BCUT2D eigenvalue weighted by molar-refractivity contribution is 0.0306. The maximum Gasteiger partial charge on any atom is 0.0667 e. The van der Waals surface area contributed by atoms with E-state index in [2.05, 4.69) is 13.8 Å². The molecule has 0 aromatic rings. The molecular formula is C13H20O. The number of hydrogen-bond donors (Lipinski definition) is 0. The summed E-state index contributed by atoms with van der Waals surface area (Å²) in [5.41, 5.74) is 3.61. The molecule has 1 nitrogen and oxygen atoms in total. The smallest absolute Gasteiger partial charge is 0.0667 e. The van der Waals surface area contributed by atoms with Crippen LogP contribution < -0.4 is 0 Å². The van der Waals surface area contributed by atoms with E-state index in [1.165, 1.54) is 19.3 Å². The van der Waals surface area contributed by atoms with Crippen LogP contribution in [0.2, 0.25) is 0 Å². The highest BCUT2D eigenvalue weighted by Gasteiger charge is 2.51. The molecule has 0 spiro atoms. The molecule has 2 saturated carbocycles. The maximum absolute atomic E-state index is 5.69. The van der Waals surface area contributed by atoms with Gasteiger partial charge in [-0.1, -0.05) is 25.0 Å². The largest absolute Gasteiger partial charge is 0.381 e. The molecule has 2 bridgehead atoms. The summed E-state index contributed by atoms with van der Waals surface area (Å²) in [4.78, 5) is 0. The Balaban J connectivity index is 1.99. The van der Waals surface area contributed by atoms with Gasteiger partial charge in [0, 0.05) is 13.0 Å². The third-order valence-corrected chi connectivity index (χ3v) is 4.78. The molecule has 1 heteroatoms. The van der Waals surface area contributed by atoms with E-state index < -0.39 is 0 Å². The second kappa shape index (κ2) is 2.85. The summed E-state index contributed by atoms with van der Waals surface area (Å²) in [6, 6.07) is 0. The molecule has 0 aromatic carbocycles. The lowest BCUT2D eigenvalue weighted by atomic mass is 9.83. The van der Waals surface area contributed by atoms with Gasteiger partial charge in [-0.25, -0.2) is 0 Å². The van der Waals surface area contributed by atoms with Gasteiger partial charge in [0.25, 0.3) is 0 Å². The number of hydrogen-bond acceptors (Lipinski definition) is 1. The molecular weight excluding hydrogens is 172 g/mol. The molecule has 2 fully saturated rings. The van der Waals surface area contributed by atoms with Crippen LogP contribution in [0.5, 0.6) is 0 Å². The summed E-state index contributed by atoms with van der Waals surface area (Å²) in [5.74, 6) is 3.38. The zero-order valence-electron chi connectivity index (χ0n) is 9.42. The van der Waals surface area contributed by atoms with E-state index in [1.54, 1.807) is 5.57 Å². The van der Waals surface area contributed by atoms with Crippen molar-refractivity contribution in [1.29, 1.82) is 0 Å². The lowest BCUT2D eigenvalue weighted by Crippen LogP contribution is -2.27. The van der Waals surface area contributed by atoms with Crippen LogP contribution in [0.25, 0.3) is 0 Å². The number of fused-ring (bicyclic) bond motifs is 4. The minimum Gasteiger partial charge on any atom is -0.381 e. The average Bonchev–Trinajstić information content (AvgIpc) is 2.73. The van der Waals surface area contributed by atoms with Gasteiger partial charge in [0.15, 0.2) is 0 Å². The molecule has 0 N–H and O–H groups in total. The first-order chi connectivity index (χ1) is 6.72.